The lowest BCUT2D eigenvalue weighted by Crippen LogP contribution is -2.47. The first-order valence-electron chi connectivity index (χ1n) is 13.1. The molecule has 14 heteroatoms. The van der Waals surface area contributed by atoms with Gasteiger partial charge in [-0.05, 0) is 17.7 Å². The smallest absolute Gasteiger partial charge is 0.328 e. The van der Waals surface area contributed by atoms with Crippen molar-refractivity contribution < 1.29 is 4.39 Å². The lowest BCUT2D eigenvalue weighted by Gasteiger charge is -2.36. The van der Waals surface area contributed by atoms with E-state index in [0.29, 0.717) is 34.9 Å². The molecule has 3 aromatic heterocycles. The number of nitrogen functional groups attached to an aromatic ring is 1. The molecular formula is C26H31FN13+. The number of halogens is 1. The number of piperazine rings is 1. The quantitative estimate of drug-likeness (QED) is 0.197. The Morgan fingerprint density at radius 3 is 2.73 bits per heavy atom. The zero-order chi connectivity index (χ0) is 28.0. The monoisotopic (exact) mass is 544 g/mol. The largest absolute Gasteiger partial charge is 0.385 e. The van der Waals surface area contributed by atoms with Crippen LogP contribution in [-0.2, 0) is 13.6 Å². The molecule has 1 atom stereocenters. The minimum atomic E-state index is -0.315. The molecule has 6 rings (SSSR count). The minimum Gasteiger partial charge on any atom is -0.385 e. The van der Waals surface area contributed by atoms with Gasteiger partial charge in [-0.2, -0.15) is 20.2 Å². The standard InChI is InChI=1S/C26H31FN13/c1-16-17-12-21(19(27)13-20(17)37(3)35-16)39-9-6-38(7-10-39)8-11-40-25-18(14-31-40)24(33-26(29)34-25)32-23(28)22-15-30-4-5-36(22)2/h5,12-15,22H,6-11H2,1-3H3,(H4,28,29,32,33,34)/q+1. The van der Waals surface area contributed by atoms with Gasteiger partial charge in [-0.15, -0.1) is 0 Å². The van der Waals surface area contributed by atoms with Crippen LogP contribution < -0.4 is 21.0 Å². The second kappa shape index (κ2) is 10.1. The summed E-state index contributed by atoms with van der Waals surface area (Å²) in [6.45, 7) is 6.35. The number of hydrogen-bond donors (Lipinski definition) is 2. The van der Waals surface area contributed by atoms with Crippen LogP contribution in [0.1, 0.15) is 5.69 Å². The maximum atomic E-state index is 15.0. The van der Waals surface area contributed by atoms with E-state index in [1.54, 1.807) is 34.0 Å². The zero-order valence-electron chi connectivity index (χ0n) is 22.7. The van der Waals surface area contributed by atoms with Crippen LogP contribution in [0, 0.1) is 12.7 Å². The number of aliphatic imine (C=N–C) groups is 1. The van der Waals surface area contributed by atoms with Crippen molar-refractivity contribution in [3.05, 3.63) is 36.0 Å². The number of nitrogens with two attached hydrogens (primary N) is 2. The number of fused-ring (bicyclic) bond motifs is 2. The van der Waals surface area contributed by atoms with Crippen molar-refractivity contribution in [3.63, 3.8) is 0 Å². The average Bonchev–Trinajstić information content (AvgIpc) is 3.46. The highest BCUT2D eigenvalue weighted by Crippen LogP contribution is 2.29. The SMILES string of the molecule is Cc1nn(C)c2cc(F)c(N3CCN(CCn4ncc5c(N=C(N)C6C=[N+]=C=CN6C)nc(N)nc54)CC3)cc12. The van der Waals surface area contributed by atoms with Crippen LogP contribution in [0.4, 0.5) is 21.8 Å². The lowest BCUT2D eigenvalue weighted by molar-refractivity contribution is 0.245. The van der Waals surface area contributed by atoms with Gasteiger partial charge in [0.15, 0.2) is 17.5 Å². The van der Waals surface area contributed by atoms with Gasteiger partial charge in [0, 0.05) is 58.3 Å². The third kappa shape index (κ3) is 4.64. The Labute approximate surface area is 229 Å². The molecular weight excluding hydrogens is 513 g/mol. The Kier molecular flexibility index (Phi) is 6.43. The van der Waals surface area contributed by atoms with Crippen molar-refractivity contribution >= 4 is 57.3 Å². The normalized spacial score (nSPS) is 18.1. The number of likely N-dealkylation sites (N-methyl/N-ethyl adjacent to an activating group) is 1. The molecule has 2 aliphatic heterocycles. The third-order valence-corrected chi connectivity index (χ3v) is 7.47. The summed E-state index contributed by atoms with van der Waals surface area (Å²) in [6.07, 6.45) is 5.05. The summed E-state index contributed by atoms with van der Waals surface area (Å²) >= 11 is 0. The van der Waals surface area contributed by atoms with Gasteiger partial charge in [-0.1, -0.05) is 0 Å². The first-order chi connectivity index (χ1) is 19.3. The molecule has 0 spiro atoms. The van der Waals surface area contributed by atoms with E-state index < -0.39 is 0 Å². The Bertz CT molecular complexity index is 1730. The summed E-state index contributed by atoms with van der Waals surface area (Å²) in [6, 6.07) is 3.18. The molecule has 4 N–H and O–H groups in total. The fourth-order valence-corrected chi connectivity index (χ4v) is 5.24. The first kappa shape index (κ1) is 25.5. The third-order valence-electron chi connectivity index (χ3n) is 7.47. The Hall–Kier alpha value is -4.77. The van der Waals surface area contributed by atoms with E-state index in [0.717, 1.165) is 49.3 Å². The number of nitrogens with zero attached hydrogens (tertiary/aromatic N) is 11. The van der Waals surface area contributed by atoms with Crippen molar-refractivity contribution in [2.24, 2.45) is 17.8 Å². The molecule has 1 aromatic carbocycles. The predicted molar refractivity (Wildman–Crippen MR) is 154 cm³/mol. The van der Waals surface area contributed by atoms with Crippen LogP contribution in [0.3, 0.4) is 0 Å². The molecule has 1 fully saturated rings. The summed E-state index contributed by atoms with van der Waals surface area (Å²) in [5.41, 5.74) is 15.2. The summed E-state index contributed by atoms with van der Waals surface area (Å²) < 4.78 is 22.5. The van der Waals surface area contributed by atoms with Gasteiger partial charge in [0.25, 0.3) is 0 Å². The van der Waals surface area contributed by atoms with Gasteiger partial charge >= 0.3 is 12.1 Å². The van der Waals surface area contributed by atoms with E-state index in [2.05, 4.69) is 45.5 Å². The van der Waals surface area contributed by atoms with Gasteiger partial charge in [0.1, 0.15) is 17.9 Å². The molecule has 0 amide bonds. The number of rotatable bonds is 6. The summed E-state index contributed by atoms with van der Waals surface area (Å²) in [5, 5.41) is 10.6. The fourth-order valence-electron chi connectivity index (χ4n) is 5.24. The van der Waals surface area contributed by atoms with Crippen molar-refractivity contribution in [2.75, 3.05) is 50.4 Å². The van der Waals surface area contributed by atoms with Gasteiger partial charge in [0.2, 0.25) is 5.95 Å². The number of hydrogen-bond acceptors (Lipinski definition) is 9. The molecule has 0 bridgehead atoms. The van der Waals surface area contributed by atoms with E-state index in [1.807, 2.05) is 32.0 Å². The lowest BCUT2D eigenvalue weighted by atomic mass is 10.1. The molecule has 13 nitrogen and oxygen atoms in total. The van der Waals surface area contributed by atoms with E-state index >= 15 is 0 Å². The van der Waals surface area contributed by atoms with E-state index in [4.69, 9.17) is 11.5 Å². The molecule has 0 saturated carbocycles. The Morgan fingerprint density at radius 2 is 1.95 bits per heavy atom. The highest BCUT2D eigenvalue weighted by atomic mass is 19.1. The number of aromatic nitrogens is 6. The van der Waals surface area contributed by atoms with Crippen molar-refractivity contribution in [2.45, 2.75) is 19.5 Å². The fraction of sp³-hybridized carbons (Fsp3) is 0.385. The van der Waals surface area contributed by atoms with Gasteiger partial charge < -0.3 is 21.3 Å². The highest BCUT2D eigenvalue weighted by Gasteiger charge is 2.24. The van der Waals surface area contributed by atoms with Crippen molar-refractivity contribution in [1.82, 2.24) is 44.0 Å². The topological polar surface area (TPSA) is 150 Å². The second-order valence-corrected chi connectivity index (χ2v) is 10.1. The van der Waals surface area contributed by atoms with Crippen LogP contribution in [0.25, 0.3) is 21.9 Å². The Morgan fingerprint density at radius 1 is 1.15 bits per heavy atom. The highest BCUT2D eigenvalue weighted by molar-refractivity contribution is 6.03. The minimum absolute atomic E-state index is 0.0937. The molecule has 4 aromatic rings. The Balaban J connectivity index is 1.14. The molecule has 0 aliphatic carbocycles. The maximum absolute atomic E-state index is 15.0. The van der Waals surface area contributed by atoms with Crippen LogP contribution >= 0.6 is 0 Å². The number of aryl methyl sites for hydroxylation is 2. The number of amidine groups is 1. The van der Waals surface area contributed by atoms with Gasteiger partial charge in [-0.3, -0.25) is 9.58 Å². The van der Waals surface area contributed by atoms with E-state index in [9.17, 15) is 4.39 Å². The molecule has 1 unspecified atom stereocenters. The number of benzene rings is 1. The second-order valence-electron chi connectivity index (χ2n) is 10.1. The first-order valence-corrected chi connectivity index (χ1v) is 13.1. The molecule has 2 aliphatic rings. The van der Waals surface area contributed by atoms with Crippen LogP contribution in [0.5, 0.6) is 0 Å². The number of anilines is 2. The predicted octanol–water partition coefficient (Wildman–Crippen LogP) is 0.189. The summed E-state index contributed by atoms with van der Waals surface area (Å²) in [4.78, 5) is 19.5. The molecule has 40 heavy (non-hydrogen) atoms. The van der Waals surface area contributed by atoms with E-state index in [-0.39, 0.29) is 17.8 Å². The summed E-state index contributed by atoms with van der Waals surface area (Å²) in [7, 11) is 3.70. The molecule has 5 heterocycles. The summed E-state index contributed by atoms with van der Waals surface area (Å²) in [5.74, 6) is 3.32. The van der Waals surface area contributed by atoms with Gasteiger partial charge in [0.05, 0.1) is 35.0 Å². The van der Waals surface area contributed by atoms with Crippen molar-refractivity contribution in [1.29, 1.82) is 0 Å². The maximum Gasteiger partial charge on any atom is 0.328 e. The zero-order valence-corrected chi connectivity index (χ0v) is 22.7. The average molecular weight is 545 g/mol. The van der Waals surface area contributed by atoms with Crippen LogP contribution in [0.2, 0.25) is 0 Å². The van der Waals surface area contributed by atoms with Crippen LogP contribution in [-0.4, -0.2) is 103 Å². The van der Waals surface area contributed by atoms with Crippen molar-refractivity contribution in [3.8, 4) is 0 Å². The molecule has 1 saturated heterocycles. The van der Waals surface area contributed by atoms with Gasteiger partial charge in [-0.25, -0.2) is 14.1 Å². The molecule has 206 valence electrons. The molecule has 0 radical (unpaired) electrons. The van der Waals surface area contributed by atoms with E-state index in [1.165, 1.54) is 0 Å². The van der Waals surface area contributed by atoms with Crippen LogP contribution in [0.15, 0.2) is 29.5 Å².